The number of aromatic nitrogens is 4. The predicted molar refractivity (Wildman–Crippen MR) is 72.1 cm³/mol. The molecule has 0 spiro atoms. The third-order valence-electron chi connectivity index (χ3n) is 3.69. The van der Waals surface area contributed by atoms with E-state index in [1.807, 2.05) is 10.6 Å². The highest BCUT2D eigenvalue weighted by atomic mass is 16.5. The first-order valence-electron chi connectivity index (χ1n) is 6.71. The van der Waals surface area contributed by atoms with Crippen molar-refractivity contribution in [2.45, 2.75) is 25.3 Å². The Bertz CT molecular complexity index is 818. The van der Waals surface area contributed by atoms with Crippen LogP contribution in [0.1, 0.15) is 40.8 Å². The maximum absolute atomic E-state index is 11.3. The Labute approximate surface area is 119 Å². The van der Waals surface area contributed by atoms with Crippen molar-refractivity contribution >= 4 is 17.0 Å². The maximum atomic E-state index is 11.3. The monoisotopic (exact) mass is 284 g/mol. The van der Waals surface area contributed by atoms with Gasteiger partial charge in [-0.1, -0.05) is 11.2 Å². The van der Waals surface area contributed by atoms with E-state index >= 15 is 0 Å². The SMILES string of the molecule is O=C(O)c1cccc2c1nc(C1CC1)n2Cc1ncon1. The molecule has 1 fully saturated rings. The molecule has 7 heteroatoms. The lowest BCUT2D eigenvalue weighted by atomic mass is 10.2. The lowest BCUT2D eigenvalue weighted by molar-refractivity contribution is 0.0699. The fourth-order valence-corrected chi connectivity index (χ4v) is 2.56. The van der Waals surface area contributed by atoms with Gasteiger partial charge in [0.15, 0.2) is 5.82 Å². The van der Waals surface area contributed by atoms with Crippen LogP contribution in [0.3, 0.4) is 0 Å². The second-order valence-corrected chi connectivity index (χ2v) is 5.16. The number of hydrogen-bond donors (Lipinski definition) is 1. The van der Waals surface area contributed by atoms with Crippen molar-refractivity contribution in [2.24, 2.45) is 0 Å². The van der Waals surface area contributed by atoms with Crippen LogP contribution in [0, 0.1) is 0 Å². The summed E-state index contributed by atoms with van der Waals surface area (Å²) in [6.07, 6.45) is 3.45. The highest BCUT2D eigenvalue weighted by Crippen LogP contribution is 2.41. The second kappa shape index (κ2) is 4.41. The molecule has 21 heavy (non-hydrogen) atoms. The molecule has 1 aromatic carbocycles. The van der Waals surface area contributed by atoms with Crippen LogP contribution < -0.4 is 0 Å². The summed E-state index contributed by atoms with van der Waals surface area (Å²) in [6, 6.07) is 5.19. The van der Waals surface area contributed by atoms with Gasteiger partial charge in [-0.3, -0.25) is 0 Å². The molecule has 0 aliphatic heterocycles. The van der Waals surface area contributed by atoms with Gasteiger partial charge in [-0.05, 0) is 25.0 Å². The first kappa shape index (κ1) is 12.1. The van der Waals surface area contributed by atoms with Crippen molar-refractivity contribution in [1.82, 2.24) is 19.7 Å². The number of rotatable bonds is 4. The van der Waals surface area contributed by atoms with Gasteiger partial charge >= 0.3 is 5.97 Å². The Morgan fingerprint density at radius 1 is 1.43 bits per heavy atom. The van der Waals surface area contributed by atoms with Crippen molar-refractivity contribution in [3.8, 4) is 0 Å². The zero-order valence-electron chi connectivity index (χ0n) is 11.1. The number of carbonyl (C=O) groups is 1. The number of benzene rings is 1. The van der Waals surface area contributed by atoms with Crippen molar-refractivity contribution in [1.29, 1.82) is 0 Å². The molecule has 2 heterocycles. The number of hydrogen-bond acceptors (Lipinski definition) is 5. The Balaban J connectivity index is 1.92. The molecule has 3 aromatic rings. The lowest BCUT2D eigenvalue weighted by Crippen LogP contribution is -2.05. The molecular formula is C14H12N4O3. The molecule has 0 unspecified atom stereocenters. The van der Waals surface area contributed by atoms with Crippen LogP contribution in [0.4, 0.5) is 0 Å². The molecule has 0 saturated heterocycles. The predicted octanol–water partition coefficient (Wildman–Crippen LogP) is 2.04. The Morgan fingerprint density at radius 2 is 2.29 bits per heavy atom. The molecule has 1 N–H and O–H groups in total. The summed E-state index contributed by atoms with van der Waals surface area (Å²) in [5.41, 5.74) is 1.54. The molecule has 7 nitrogen and oxygen atoms in total. The van der Waals surface area contributed by atoms with Gasteiger partial charge in [0.05, 0.1) is 17.6 Å². The van der Waals surface area contributed by atoms with E-state index in [-0.39, 0.29) is 5.56 Å². The lowest BCUT2D eigenvalue weighted by Gasteiger charge is -2.05. The number of carboxylic acid groups (broad SMARTS) is 1. The van der Waals surface area contributed by atoms with Crippen molar-refractivity contribution in [3.63, 3.8) is 0 Å². The molecule has 2 aromatic heterocycles. The average molecular weight is 284 g/mol. The summed E-state index contributed by atoms with van der Waals surface area (Å²) in [7, 11) is 0. The molecule has 0 bridgehead atoms. The van der Waals surface area contributed by atoms with Gasteiger partial charge in [0.1, 0.15) is 11.3 Å². The first-order chi connectivity index (χ1) is 10.2. The van der Waals surface area contributed by atoms with Gasteiger partial charge in [-0.15, -0.1) is 0 Å². The van der Waals surface area contributed by atoms with Crippen LogP contribution in [-0.4, -0.2) is 30.8 Å². The highest BCUT2D eigenvalue weighted by molar-refractivity contribution is 6.01. The third kappa shape index (κ3) is 1.97. The summed E-state index contributed by atoms with van der Waals surface area (Å²) < 4.78 is 6.75. The quantitative estimate of drug-likeness (QED) is 0.788. The summed E-state index contributed by atoms with van der Waals surface area (Å²) >= 11 is 0. The molecular weight excluding hydrogens is 272 g/mol. The number of aromatic carboxylic acids is 1. The van der Waals surface area contributed by atoms with Gasteiger partial charge in [0.2, 0.25) is 6.39 Å². The molecule has 4 rings (SSSR count). The summed E-state index contributed by atoms with van der Waals surface area (Å²) in [5, 5.41) is 13.1. The fraction of sp³-hybridized carbons (Fsp3) is 0.286. The third-order valence-corrected chi connectivity index (χ3v) is 3.69. The van der Waals surface area contributed by atoms with Crippen molar-refractivity contribution in [3.05, 3.63) is 41.8 Å². The van der Waals surface area contributed by atoms with Gasteiger partial charge < -0.3 is 14.2 Å². The fourth-order valence-electron chi connectivity index (χ4n) is 2.56. The minimum atomic E-state index is -0.966. The maximum Gasteiger partial charge on any atom is 0.337 e. The average Bonchev–Trinajstić information content (AvgIpc) is 3.07. The van der Waals surface area contributed by atoms with E-state index in [0.717, 1.165) is 24.2 Å². The van der Waals surface area contributed by atoms with E-state index in [2.05, 4.69) is 15.1 Å². The Hall–Kier alpha value is -2.70. The molecule has 1 aliphatic carbocycles. The van der Waals surface area contributed by atoms with Crippen molar-refractivity contribution < 1.29 is 14.4 Å². The molecule has 0 radical (unpaired) electrons. The number of fused-ring (bicyclic) bond motifs is 1. The largest absolute Gasteiger partial charge is 0.478 e. The molecule has 0 atom stereocenters. The van der Waals surface area contributed by atoms with E-state index in [1.54, 1.807) is 12.1 Å². The van der Waals surface area contributed by atoms with Crippen LogP contribution in [0.2, 0.25) is 0 Å². The van der Waals surface area contributed by atoms with Gasteiger partial charge in [0.25, 0.3) is 0 Å². The van der Waals surface area contributed by atoms with Crippen LogP contribution in [0.25, 0.3) is 11.0 Å². The number of para-hydroxylation sites is 1. The minimum absolute atomic E-state index is 0.223. The summed E-state index contributed by atoms with van der Waals surface area (Å²) in [6.45, 7) is 0.432. The van der Waals surface area contributed by atoms with E-state index in [9.17, 15) is 9.90 Å². The van der Waals surface area contributed by atoms with E-state index in [4.69, 9.17) is 4.52 Å². The molecule has 1 aliphatic rings. The highest BCUT2D eigenvalue weighted by Gasteiger charge is 2.30. The first-order valence-corrected chi connectivity index (χ1v) is 6.71. The molecule has 1 saturated carbocycles. The Morgan fingerprint density at radius 3 is 2.95 bits per heavy atom. The van der Waals surface area contributed by atoms with E-state index in [1.165, 1.54) is 6.39 Å². The zero-order valence-corrected chi connectivity index (χ0v) is 11.1. The molecule has 0 amide bonds. The van der Waals surface area contributed by atoms with Crippen LogP contribution >= 0.6 is 0 Å². The smallest absolute Gasteiger partial charge is 0.337 e. The number of carboxylic acids is 1. The minimum Gasteiger partial charge on any atom is -0.478 e. The number of imidazole rings is 1. The second-order valence-electron chi connectivity index (χ2n) is 5.16. The van der Waals surface area contributed by atoms with Crippen LogP contribution in [0.5, 0.6) is 0 Å². The van der Waals surface area contributed by atoms with Gasteiger partial charge in [0, 0.05) is 5.92 Å². The standard InChI is InChI=1S/C14H12N4O3/c19-14(20)9-2-1-3-10-12(9)16-13(8-4-5-8)18(10)6-11-15-7-21-17-11/h1-3,7-8H,4-6H2,(H,19,20). The van der Waals surface area contributed by atoms with Crippen LogP contribution in [-0.2, 0) is 6.54 Å². The van der Waals surface area contributed by atoms with Gasteiger partial charge in [-0.25, -0.2) is 9.78 Å². The van der Waals surface area contributed by atoms with Crippen molar-refractivity contribution in [2.75, 3.05) is 0 Å². The normalized spacial score (nSPS) is 14.7. The zero-order chi connectivity index (χ0) is 14.4. The number of nitrogens with zero attached hydrogens (tertiary/aromatic N) is 4. The van der Waals surface area contributed by atoms with Gasteiger partial charge in [-0.2, -0.15) is 4.98 Å². The summed E-state index contributed by atoms with van der Waals surface area (Å²) in [5.74, 6) is 0.888. The molecule has 106 valence electrons. The summed E-state index contributed by atoms with van der Waals surface area (Å²) in [4.78, 5) is 20.0. The van der Waals surface area contributed by atoms with Crippen LogP contribution in [0.15, 0.2) is 29.1 Å². The Kier molecular flexibility index (Phi) is 2.53. The van der Waals surface area contributed by atoms with E-state index < -0.39 is 5.97 Å². The van der Waals surface area contributed by atoms with E-state index in [0.29, 0.717) is 23.8 Å². The topological polar surface area (TPSA) is 94.0 Å².